The highest BCUT2D eigenvalue weighted by atomic mass is 28.3. The van der Waals surface area contributed by atoms with Gasteiger partial charge in [0.25, 0.3) is 0 Å². The van der Waals surface area contributed by atoms with Crippen LogP contribution in [0.25, 0.3) is 0 Å². The predicted octanol–water partition coefficient (Wildman–Crippen LogP) is 6.85. The minimum Gasteiger partial charge on any atom is -0.0636 e. The van der Waals surface area contributed by atoms with Crippen LogP contribution in [0.1, 0.15) is 61.1 Å². The smallest absolute Gasteiger partial charge is 0.0636 e. The molecule has 0 bridgehead atoms. The molecule has 4 rings (SSSR count). The summed E-state index contributed by atoms with van der Waals surface area (Å²) in [5.74, 6) is 0.439. The van der Waals surface area contributed by atoms with Gasteiger partial charge in [0, 0.05) is 0 Å². The van der Waals surface area contributed by atoms with Crippen molar-refractivity contribution in [3.63, 3.8) is 0 Å². The summed E-state index contributed by atoms with van der Waals surface area (Å²) >= 11 is 0. The zero-order valence-electron chi connectivity index (χ0n) is 22.8. The van der Waals surface area contributed by atoms with E-state index >= 15 is 0 Å². The highest BCUT2D eigenvalue weighted by Gasteiger charge is 2.48. The molecule has 3 aromatic carbocycles. The van der Waals surface area contributed by atoms with E-state index in [1.807, 2.05) is 0 Å². The van der Waals surface area contributed by atoms with E-state index in [2.05, 4.69) is 124 Å². The van der Waals surface area contributed by atoms with Crippen LogP contribution in [-0.2, 0) is 0 Å². The summed E-state index contributed by atoms with van der Waals surface area (Å²) in [6, 6.07) is 21.9. The average Bonchev–Trinajstić information content (AvgIpc) is 2.91. The predicted molar refractivity (Wildman–Crippen MR) is 153 cm³/mol. The summed E-state index contributed by atoms with van der Waals surface area (Å²) in [5, 5.41) is 6.22. The molecule has 0 nitrogen and oxygen atoms in total. The van der Waals surface area contributed by atoms with Gasteiger partial charge in [0.05, 0.1) is 0 Å². The Morgan fingerprint density at radius 2 is 0.735 bits per heavy atom. The first-order valence-corrected chi connectivity index (χ1v) is 14.6. The zero-order chi connectivity index (χ0) is 24.9. The third-order valence-electron chi connectivity index (χ3n) is 8.01. The molecule has 3 aromatic rings. The number of hydrogen-bond donors (Lipinski definition) is 0. The maximum atomic E-state index is 2.49. The standard InChI is InChI=1S/C33H40Si/c1-20-11-21(2)15-30(14-20)34(31-16-22(3)12-23(4)17-31,32-18-24(5)13-25(6)19-32)33-28(9)26(7)27(8)29(33)10/h11-19,28H,1-10H3. The molecule has 1 atom stereocenters. The van der Waals surface area contributed by atoms with Gasteiger partial charge in [-0.25, -0.2) is 0 Å². The summed E-state index contributed by atoms with van der Waals surface area (Å²) in [6.45, 7) is 23.0. The van der Waals surface area contributed by atoms with Crippen LogP contribution in [0.4, 0.5) is 0 Å². The molecule has 34 heavy (non-hydrogen) atoms. The van der Waals surface area contributed by atoms with E-state index in [4.69, 9.17) is 0 Å². The van der Waals surface area contributed by atoms with Crippen LogP contribution in [-0.4, -0.2) is 8.07 Å². The lowest BCUT2D eigenvalue weighted by Gasteiger charge is -2.39. The third kappa shape index (κ3) is 3.94. The quantitative estimate of drug-likeness (QED) is 0.293. The van der Waals surface area contributed by atoms with Gasteiger partial charge in [-0.1, -0.05) is 111 Å². The first-order chi connectivity index (χ1) is 15.9. The monoisotopic (exact) mass is 464 g/mol. The van der Waals surface area contributed by atoms with Gasteiger partial charge in [-0.2, -0.15) is 0 Å². The second-order valence-electron chi connectivity index (χ2n) is 10.9. The number of allylic oxidation sites excluding steroid dienone is 4. The van der Waals surface area contributed by atoms with Crippen LogP contribution in [0.2, 0.25) is 0 Å². The molecule has 0 saturated carbocycles. The number of benzene rings is 3. The fourth-order valence-corrected chi connectivity index (χ4v) is 12.7. The molecule has 0 saturated heterocycles. The lowest BCUT2D eigenvalue weighted by Crippen LogP contribution is -2.70. The van der Waals surface area contributed by atoms with Crippen LogP contribution < -0.4 is 15.6 Å². The first kappa shape index (κ1) is 24.5. The molecule has 0 aromatic heterocycles. The second kappa shape index (κ2) is 8.85. The largest absolute Gasteiger partial charge is 0.176 e. The number of hydrogen-bond acceptors (Lipinski definition) is 0. The molecule has 176 valence electrons. The summed E-state index contributed by atoms with van der Waals surface area (Å²) in [4.78, 5) is 0. The highest BCUT2D eigenvalue weighted by Crippen LogP contribution is 2.41. The first-order valence-electron chi connectivity index (χ1n) is 12.6. The minimum absolute atomic E-state index is 0.439. The van der Waals surface area contributed by atoms with Gasteiger partial charge in [0.2, 0.25) is 0 Å². The van der Waals surface area contributed by atoms with Gasteiger partial charge in [-0.15, -0.1) is 0 Å². The Bertz CT molecular complexity index is 1160. The van der Waals surface area contributed by atoms with Crippen molar-refractivity contribution in [3.8, 4) is 0 Å². The minimum atomic E-state index is -2.55. The summed E-state index contributed by atoms with van der Waals surface area (Å²) in [5.41, 5.74) is 12.6. The maximum absolute atomic E-state index is 2.55. The summed E-state index contributed by atoms with van der Waals surface area (Å²) in [7, 11) is -2.55. The van der Waals surface area contributed by atoms with Crippen molar-refractivity contribution in [2.45, 2.75) is 69.2 Å². The van der Waals surface area contributed by atoms with Crippen molar-refractivity contribution >= 4 is 23.6 Å². The molecule has 0 fully saturated rings. The maximum Gasteiger partial charge on any atom is 0.176 e. The van der Waals surface area contributed by atoms with E-state index in [1.165, 1.54) is 65.7 Å². The SMILES string of the molecule is CC1=C(C)C(C)C([Si](c2cc(C)cc(C)c2)(c2cc(C)cc(C)c2)c2cc(C)cc(C)c2)=C1C. The Morgan fingerprint density at radius 3 is 0.971 bits per heavy atom. The van der Waals surface area contributed by atoms with Crippen molar-refractivity contribution in [1.82, 2.24) is 0 Å². The van der Waals surface area contributed by atoms with Gasteiger partial charge >= 0.3 is 0 Å². The molecule has 0 amide bonds. The van der Waals surface area contributed by atoms with Gasteiger partial charge in [0.1, 0.15) is 0 Å². The Morgan fingerprint density at radius 1 is 0.441 bits per heavy atom. The fourth-order valence-electron chi connectivity index (χ4n) is 6.51. The molecular weight excluding hydrogens is 424 g/mol. The molecule has 1 aliphatic carbocycles. The fraction of sp³-hybridized carbons (Fsp3) is 0.333. The van der Waals surface area contributed by atoms with Crippen molar-refractivity contribution in [1.29, 1.82) is 0 Å². The number of rotatable bonds is 4. The molecule has 0 spiro atoms. The average molecular weight is 465 g/mol. The third-order valence-corrected chi connectivity index (χ3v) is 13.1. The van der Waals surface area contributed by atoms with Crippen molar-refractivity contribution < 1.29 is 0 Å². The molecule has 0 heterocycles. The molecule has 1 heteroatoms. The van der Waals surface area contributed by atoms with Gasteiger partial charge in [-0.05, 0) is 89.4 Å². The van der Waals surface area contributed by atoms with Crippen molar-refractivity contribution in [3.05, 3.63) is 110 Å². The van der Waals surface area contributed by atoms with Crippen LogP contribution in [0, 0.1) is 47.5 Å². The van der Waals surface area contributed by atoms with E-state index in [0.717, 1.165) is 0 Å². The highest BCUT2D eigenvalue weighted by molar-refractivity contribution is 7.16. The van der Waals surface area contributed by atoms with E-state index in [0.29, 0.717) is 5.92 Å². The zero-order valence-corrected chi connectivity index (χ0v) is 23.8. The van der Waals surface area contributed by atoms with Crippen molar-refractivity contribution in [2.75, 3.05) is 0 Å². The molecule has 0 radical (unpaired) electrons. The lowest BCUT2D eigenvalue weighted by atomic mass is 10.1. The van der Waals surface area contributed by atoms with Crippen molar-refractivity contribution in [2.24, 2.45) is 5.92 Å². The Kier molecular flexibility index (Phi) is 6.38. The van der Waals surface area contributed by atoms with Crippen LogP contribution >= 0.6 is 0 Å². The van der Waals surface area contributed by atoms with E-state index in [-0.39, 0.29) is 0 Å². The number of aryl methyl sites for hydroxylation is 6. The molecule has 1 unspecified atom stereocenters. The molecular formula is C33H40Si. The second-order valence-corrected chi connectivity index (χ2v) is 14.7. The summed E-state index contributed by atoms with van der Waals surface area (Å²) < 4.78 is 0. The van der Waals surface area contributed by atoms with E-state index in [1.54, 1.807) is 5.20 Å². The van der Waals surface area contributed by atoms with Gasteiger partial charge < -0.3 is 0 Å². The topological polar surface area (TPSA) is 0 Å². The van der Waals surface area contributed by atoms with Gasteiger partial charge in [0.15, 0.2) is 8.07 Å². The molecule has 1 aliphatic rings. The summed E-state index contributed by atoms with van der Waals surface area (Å²) in [6.07, 6.45) is 0. The van der Waals surface area contributed by atoms with E-state index in [9.17, 15) is 0 Å². The normalized spacial score (nSPS) is 16.6. The van der Waals surface area contributed by atoms with Gasteiger partial charge in [-0.3, -0.25) is 0 Å². The van der Waals surface area contributed by atoms with E-state index < -0.39 is 8.07 Å². The molecule has 0 aliphatic heterocycles. The Hall–Kier alpha value is -2.64. The van der Waals surface area contributed by atoms with Crippen LogP contribution in [0.3, 0.4) is 0 Å². The molecule has 0 N–H and O–H groups in total. The Labute approximate surface area is 208 Å². The lowest BCUT2D eigenvalue weighted by molar-refractivity contribution is 0.851. The Balaban J connectivity index is 2.28. The van der Waals surface area contributed by atoms with Crippen LogP contribution in [0.5, 0.6) is 0 Å². The van der Waals surface area contributed by atoms with Crippen LogP contribution in [0.15, 0.2) is 76.5 Å².